The minimum atomic E-state index is -0.370. The Morgan fingerprint density at radius 2 is 2.27 bits per heavy atom. The smallest absolute Gasteiger partial charge is 0.312 e. The van der Waals surface area contributed by atoms with Crippen molar-refractivity contribution >= 4 is 27.4 Å². The molecule has 0 radical (unpaired) electrons. The number of hydrogen-bond acceptors (Lipinski definition) is 5. The van der Waals surface area contributed by atoms with Crippen molar-refractivity contribution in [3.63, 3.8) is 0 Å². The zero-order valence-corrected chi connectivity index (χ0v) is 14.4. The molecule has 2 heterocycles. The van der Waals surface area contributed by atoms with Crippen molar-refractivity contribution in [3.8, 4) is 0 Å². The molecule has 0 N–H and O–H groups in total. The number of halogens is 1. The lowest BCUT2D eigenvalue weighted by Gasteiger charge is -2.43. The van der Waals surface area contributed by atoms with Crippen LogP contribution >= 0.6 is 15.9 Å². The Morgan fingerprint density at radius 3 is 2.91 bits per heavy atom. The second-order valence-electron chi connectivity index (χ2n) is 6.81. The van der Waals surface area contributed by atoms with Crippen LogP contribution in [-0.2, 0) is 4.74 Å². The minimum Gasteiger partial charge on any atom is -0.369 e. The molecule has 3 rings (SSSR count). The van der Waals surface area contributed by atoms with E-state index in [0.717, 1.165) is 12.3 Å². The third-order valence-corrected chi connectivity index (χ3v) is 4.52. The van der Waals surface area contributed by atoms with Crippen molar-refractivity contribution in [3.05, 3.63) is 26.9 Å². The van der Waals surface area contributed by atoms with Gasteiger partial charge in [-0.1, -0.05) is 12.8 Å². The summed E-state index contributed by atoms with van der Waals surface area (Å²) >= 11 is 3.25. The number of nitrogens with zero attached hydrogens (tertiary/aromatic N) is 3. The second-order valence-corrected chi connectivity index (χ2v) is 7.73. The van der Waals surface area contributed by atoms with Crippen molar-refractivity contribution in [1.29, 1.82) is 0 Å². The molecule has 0 aromatic carbocycles. The number of ether oxygens (including phenoxy) is 1. The molecule has 0 bridgehead atoms. The van der Waals surface area contributed by atoms with E-state index < -0.39 is 0 Å². The molecule has 1 saturated carbocycles. The van der Waals surface area contributed by atoms with E-state index in [9.17, 15) is 10.1 Å². The van der Waals surface area contributed by atoms with Crippen LogP contribution in [0.3, 0.4) is 0 Å². The maximum atomic E-state index is 11.3. The zero-order chi connectivity index (χ0) is 15.9. The molecular formula is C15H20BrN3O3. The van der Waals surface area contributed by atoms with Gasteiger partial charge in [0.15, 0.2) is 0 Å². The molecule has 1 atom stereocenters. The molecule has 0 amide bonds. The van der Waals surface area contributed by atoms with E-state index in [-0.39, 0.29) is 22.3 Å². The van der Waals surface area contributed by atoms with Crippen LogP contribution in [0.15, 0.2) is 16.7 Å². The van der Waals surface area contributed by atoms with Gasteiger partial charge in [-0.25, -0.2) is 4.98 Å². The molecule has 0 spiro atoms. The first-order chi connectivity index (χ1) is 10.3. The van der Waals surface area contributed by atoms with Crippen LogP contribution in [-0.4, -0.2) is 34.7 Å². The van der Waals surface area contributed by atoms with Crippen LogP contribution in [0.1, 0.15) is 33.1 Å². The third kappa shape index (κ3) is 3.57. The number of pyridine rings is 1. The Labute approximate surface area is 138 Å². The fourth-order valence-corrected chi connectivity index (χ4v) is 3.42. The number of nitro groups is 1. The van der Waals surface area contributed by atoms with Gasteiger partial charge < -0.3 is 9.64 Å². The van der Waals surface area contributed by atoms with E-state index in [2.05, 4.69) is 20.9 Å². The summed E-state index contributed by atoms with van der Waals surface area (Å²) in [6, 6.07) is 1.51. The van der Waals surface area contributed by atoms with Gasteiger partial charge in [-0.05, 0) is 42.1 Å². The van der Waals surface area contributed by atoms with E-state index in [4.69, 9.17) is 4.74 Å². The lowest BCUT2D eigenvalue weighted by Crippen LogP contribution is -2.53. The molecule has 1 aromatic heterocycles. The highest BCUT2D eigenvalue weighted by Crippen LogP contribution is 2.38. The van der Waals surface area contributed by atoms with Crippen LogP contribution in [0.2, 0.25) is 0 Å². The Kier molecular flexibility index (Phi) is 4.11. The Balaban J connectivity index is 1.87. The first-order valence-electron chi connectivity index (χ1n) is 7.57. The monoisotopic (exact) mass is 369 g/mol. The van der Waals surface area contributed by atoms with Crippen LogP contribution < -0.4 is 4.90 Å². The largest absolute Gasteiger partial charge is 0.369 e. The van der Waals surface area contributed by atoms with E-state index in [1.165, 1.54) is 18.9 Å². The average molecular weight is 370 g/mol. The summed E-state index contributed by atoms with van der Waals surface area (Å²) in [5, 5.41) is 11.3. The fraction of sp³-hybridized carbons (Fsp3) is 0.667. The maximum Gasteiger partial charge on any atom is 0.312 e. The van der Waals surface area contributed by atoms with E-state index >= 15 is 0 Å². The fourth-order valence-electron chi connectivity index (χ4n) is 3.10. The molecule has 7 heteroatoms. The maximum absolute atomic E-state index is 11.3. The van der Waals surface area contributed by atoms with Crippen molar-refractivity contribution < 1.29 is 9.66 Å². The summed E-state index contributed by atoms with van der Waals surface area (Å²) < 4.78 is 6.77. The van der Waals surface area contributed by atoms with Gasteiger partial charge >= 0.3 is 5.69 Å². The van der Waals surface area contributed by atoms with Crippen molar-refractivity contribution in [2.24, 2.45) is 5.92 Å². The molecule has 2 aliphatic rings. The van der Waals surface area contributed by atoms with E-state index in [1.54, 1.807) is 6.20 Å². The summed E-state index contributed by atoms with van der Waals surface area (Å²) in [6.07, 6.45) is 5.31. The quantitative estimate of drug-likeness (QED) is 0.599. The minimum absolute atomic E-state index is 0.0391. The first-order valence-corrected chi connectivity index (χ1v) is 8.36. The van der Waals surface area contributed by atoms with Gasteiger partial charge in [-0.3, -0.25) is 10.1 Å². The topological polar surface area (TPSA) is 68.5 Å². The number of anilines is 1. The normalized spacial score (nSPS) is 24.3. The van der Waals surface area contributed by atoms with Gasteiger partial charge in [0, 0.05) is 29.8 Å². The summed E-state index contributed by atoms with van der Waals surface area (Å²) in [7, 11) is 0. The molecule has 1 aliphatic carbocycles. The molecular weight excluding hydrogens is 350 g/mol. The number of morpholine rings is 1. The molecule has 1 aliphatic heterocycles. The lowest BCUT2D eigenvalue weighted by molar-refractivity contribution is -0.384. The molecule has 22 heavy (non-hydrogen) atoms. The van der Waals surface area contributed by atoms with E-state index in [1.807, 2.05) is 18.7 Å². The second kappa shape index (κ2) is 5.77. The third-order valence-electron chi connectivity index (χ3n) is 4.08. The van der Waals surface area contributed by atoms with Gasteiger partial charge in [-0.2, -0.15) is 0 Å². The molecule has 6 nitrogen and oxygen atoms in total. The van der Waals surface area contributed by atoms with Crippen molar-refractivity contribution in [2.45, 2.75) is 44.8 Å². The molecule has 1 saturated heterocycles. The van der Waals surface area contributed by atoms with Crippen LogP contribution in [0.5, 0.6) is 0 Å². The number of hydrogen-bond donors (Lipinski definition) is 0. The summed E-state index contributed by atoms with van der Waals surface area (Å²) in [5.41, 5.74) is -0.294. The Morgan fingerprint density at radius 1 is 1.55 bits per heavy atom. The highest BCUT2D eigenvalue weighted by atomic mass is 79.9. The van der Waals surface area contributed by atoms with Gasteiger partial charge in [0.25, 0.3) is 0 Å². The lowest BCUT2D eigenvalue weighted by atomic mass is 10.0. The Hall–Kier alpha value is -1.21. The molecule has 1 unspecified atom stereocenters. The average Bonchev–Trinajstić information content (AvgIpc) is 3.20. The molecule has 1 aromatic rings. The summed E-state index contributed by atoms with van der Waals surface area (Å²) in [6.45, 7) is 5.33. The highest BCUT2D eigenvalue weighted by Gasteiger charge is 2.38. The van der Waals surface area contributed by atoms with Gasteiger partial charge in [0.2, 0.25) is 5.82 Å². The zero-order valence-electron chi connectivity index (χ0n) is 12.8. The standard InChI is InChI=1S/C15H20BrN3O3/c1-15(2)9-18(8-12(22-15)5-10-3-4-10)14-13(19(20)21)6-11(16)7-17-14/h6-7,10,12H,3-5,8-9H2,1-2H3. The number of rotatable bonds is 4. The van der Waals surface area contributed by atoms with Gasteiger partial charge in [-0.15, -0.1) is 0 Å². The van der Waals surface area contributed by atoms with Crippen LogP contribution in [0.25, 0.3) is 0 Å². The highest BCUT2D eigenvalue weighted by molar-refractivity contribution is 9.10. The van der Waals surface area contributed by atoms with Gasteiger partial charge in [0.1, 0.15) is 0 Å². The van der Waals surface area contributed by atoms with Crippen molar-refractivity contribution in [2.75, 3.05) is 18.0 Å². The Bertz CT molecular complexity index is 589. The van der Waals surface area contributed by atoms with Crippen LogP contribution in [0.4, 0.5) is 11.5 Å². The predicted molar refractivity (Wildman–Crippen MR) is 87.1 cm³/mol. The van der Waals surface area contributed by atoms with Crippen LogP contribution in [0, 0.1) is 16.0 Å². The predicted octanol–water partition coefficient (Wildman–Crippen LogP) is 3.54. The van der Waals surface area contributed by atoms with E-state index in [0.29, 0.717) is 23.4 Å². The number of aromatic nitrogens is 1. The SMILES string of the molecule is CC1(C)CN(c2ncc(Br)cc2[N+](=O)[O-])CC(CC2CC2)O1. The first kappa shape index (κ1) is 15.7. The molecule has 2 fully saturated rings. The summed E-state index contributed by atoms with van der Waals surface area (Å²) in [5.74, 6) is 1.19. The summed E-state index contributed by atoms with van der Waals surface area (Å²) in [4.78, 5) is 17.3. The molecule has 120 valence electrons. The van der Waals surface area contributed by atoms with Gasteiger partial charge in [0.05, 0.1) is 16.6 Å². The van der Waals surface area contributed by atoms with Crippen molar-refractivity contribution in [1.82, 2.24) is 4.98 Å².